The lowest BCUT2D eigenvalue weighted by Gasteiger charge is -2.25. The summed E-state index contributed by atoms with van der Waals surface area (Å²) in [5.74, 6) is 0.628. The van der Waals surface area contributed by atoms with Crippen LogP contribution in [-0.4, -0.2) is 30.9 Å². The highest BCUT2D eigenvalue weighted by atomic mass is 32.2. The van der Waals surface area contributed by atoms with Gasteiger partial charge in [-0.25, -0.2) is 13.4 Å². The van der Waals surface area contributed by atoms with E-state index >= 15 is 0 Å². The highest BCUT2D eigenvalue weighted by molar-refractivity contribution is 7.91. The van der Waals surface area contributed by atoms with Crippen molar-refractivity contribution >= 4 is 21.2 Å². The number of sulfone groups is 1. The average molecular weight is 274 g/mol. The Balaban J connectivity index is 1.90. The van der Waals surface area contributed by atoms with E-state index in [2.05, 4.69) is 17.2 Å². The molecule has 96 valence electrons. The molecule has 0 amide bonds. The van der Waals surface area contributed by atoms with Crippen molar-refractivity contribution in [1.82, 2.24) is 10.3 Å². The molecule has 2 heterocycles. The first-order chi connectivity index (χ1) is 7.96. The Morgan fingerprint density at radius 3 is 2.65 bits per heavy atom. The Bertz CT molecular complexity index is 467. The molecule has 0 radical (unpaired) electrons. The van der Waals surface area contributed by atoms with Crippen LogP contribution in [0.1, 0.15) is 36.5 Å². The summed E-state index contributed by atoms with van der Waals surface area (Å²) >= 11 is 1.65. The zero-order chi connectivity index (χ0) is 12.5. The molecule has 1 fully saturated rings. The van der Waals surface area contributed by atoms with Crippen LogP contribution in [0.5, 0.6) is 0 Å². The molecule has 1 aromatic rings. The molecule has 1 atom stereocenters. The number of aryl methyl sites for hydroxylation is 1. The van der Waals surface area contributed by atoms with Gasteiger partial charge in [0.15, 0.2) is 0 Å². The highest BCUT2D eigenvalue weighted by Crippen LogP contribution is 2.21. The molecule has 4 nitrogen and oxygen atoms in total. The smallest absolute Gasteiger partial charge is 0.150 e. The van der Waals surface area contributed by atoms with Gasteiger partial charge in [-0.1, -0.05) is 0 Å². The Hall–Kier alpha value is -0.460. The van der Waals surface area contributed by atoms with Gasteiger partial charge in [-0.3, -0.25) is 0 Å². The quantitative estimate of drug-likeness (QED) is 0.911. The van der Waals surface area contributed by atoms with Crippen molar-refractivity contribution in [2.45, 2.75) is 38.8 Å². The van der Waals surface area contributed by atoms with E-state index in [-0.39, 0.29) is 6.04 Å². The molecule has 0 aliphatic carbocycles. The van der Waals surface area contributed by atoms with Gasteiger partial charge in [0.25, 0.3) is 0 Å². The molecular weight excluding hydrogens is 256 g/mol. The largest absolute Gasteiger partial charge is 0.305 e. The zero-order valence-electron chi connectivity index (χ0n) is 10.1. The molecule has 6 heteroatoms. The van der Waals surface area contributed by atoms with Crippen molar-refractivity contribution in [3.05, 3.63) is 16.1 Å². The minimum atomic E-state index is -2.77. The lowest BCUT2D eigenvalue weighted by Crippen LogP contribution is -2.38. The lowest BCUT2D eigenvalue weighted by molar-refractivity contribution is 0.419. The van der Waals surface area contributed by atoms with Gasteiger partial charge >= 0.3 is 0 Å². The van der Waals surface area contributed by atoms with Gasteiger partial charge in [-0.05, 0) is 26.7 Å². The van der Waals surface area contributed by atoms with Crippen LogP contribution in [0.15, 0.2) is 5.38 Å². The SMILES string of the molecule is Cc1csc(C(C)NC2CCS(=O)(=O)CC2)n1. The van der Waals surface area contributed by atoms with Gasteiger partial charge in [-0.15, -0.1) is 11.3 Å². The van der Waals surface area contributed by atoms with Gasteiger partial charge in [0.05, 0.1) is 17.5 Å². The van der Waals surface area contributed by atoms with Crippen molar-refractivity contribution in [3.63, 3.8) is 0 Å². The van der Waals surface area contributed by atoms with E-state index in [1.165, 1.54) is 0 Å². The fourth-order valence-corrected chi connectivity index (χ4v) is 4.36. The van der Waals surface area contributed by atoms with Crippen LogP contribution in [0.3, 0.4) is 0 Å². The van der Waals surface area contributed by atoms with Gasteiger partial charge in [0, 0.05) is 17.1 Å². The maximum Gasteiger partial charge on any atom is 0.150 e. The summed E-state index contributed by atoms with van der Waals surface area (Å²) in [6.07, 6.45) is 1.44. The van der Waals surface area contributed by atoms with Gasteiger partial charge in [-0.2, -0.15) is 0 Å². The first-order valence-corrected chi connectivity index (χ1v) is 8.55. The van der Waals surface area contributed by atoms with E-state index in [0.717, 1.165) is 23.5 Å². The third-order valence-electron chi connectivity index (χ3n) is 3.05. The minimum absolute atomic E-state index is 0.208. The van der Waals surface area contributed by atoms with Crippen LogP contribution in [0.2, 0.25) is 0 Å². The van der Waals surface area contributed by atoms with Gasteiger partial charge in [0.1, 0.15) is 14.8 Å². The van der Waals surface area contributed by atoms with Crippen LogP contribution < -0.4 is 5.32 Å². The van der Waals surface area contributed by atoms with Crippen LogP contribution in [0.4, 0.5) is 0 Å². The number of nitrogens with one attached hydrogen (secondary N) is 1. The van der Waals surface area contributed by atoms with Crippen LogP contribution >= 0.6 is 11.3 Å². The number of thiazole rings is 1. The summed E-state index contributed by atoms with van der Waals surface area (Å²) < 4.78 is 22.6. The van der Waals surface area contributed by atoms with Crippen molar-refractivity contribution in [3.8, 4) is 0 Å². The molecule has 1 aromatic heterocycles. The fourth-order valence-electron chi connectivity index (χ4n) is 2.05. The zero-order valence-corrected chi connectivity index (χ0v) is 11.8. The van der Waals surface area contributed by atoms with Crippen molar-refractivity contribution in [2.24, 2.45) is 0 Å². The lowest BCUT2D eigenvalue weighted by atomic mass is 10.1. The molecule has 1 N–H and O–H groups in total. The van der Waals surface area contributed by atoms with Crippen molar-refractivity contribution < 1.29 is 8.42 Å². The molecular formula is C11H18N2O2S2. The minimum Gasteiger partial charge on any atom is -0.305 e. The van der Waals surface area contributed by atoms with Crippen LogP contribution in [0, 0.1) is 6.92 Å². The Labute approximate surface area is 106 Å². The first-order valence-electron chi connectivity index (χ1n) is 5.85. The second kappa shape index (κ2) is 5.04. The standard InChI is InChI=1S/C11H18N2O2S2/c1-8-7-16-11(12-8)9(2)13-10-3-5-17(14,15)6-4-10/h7,9-10,13H,3-6H2,1-2H3. The Morgan fingerprint density at radius 2 is 2.12 bits per heavy atom. The summed E-state index contributed by atoms with van der Waals surface area (Å²) in [6, 6.07) is 0.511. The number of aromatic nitrogens is 1. The predicted molar refractivity (Wildman–Crippen MR) is 70.1 cm³/mol. The molecule has 1 unspecified atom stereocenters. The van der Waals surface area contributed by atoms with Gasteiger partial charge < -0.3 is 5.32 Å². The topological polar surface area (TPSA) is 59.1 Å². The van der Waals surface area contributed by atoms with Crippen LogP contribution in [0.25, 0.3) is 0 Å². The van der Waals surface area contributed by atoms with E-state index < -0.39 is 9.84 Å². The molecule has 2 rings (SSSR count). The number of rotatable bonds is 3. The van der Waals surface area contributed by atoms with Gasteiger partial charge in [0.2, 0.25) is 0 Å². The third-order valence-corrected chi connectivity index (χ3v) is 5.91. The summed E-state index contributed by atoms with van der Waals surface area (Å²) in [5, 5.41) is 6.59. The summed E-state index contributed by atoms with van der Waals surface area (Å²) in [4.78, 5) is 4.44. The van der Waals surface area contributed by atoms with E-state index in [0.29, 0.717) is 17.5 Å². The monoisotopic (exact) mass is 274 g/mol. The number of hydrogen-bond acceptors (Lipinski definition) is 5. The normalized spacial score (nSPS) is 22.5. The summed E-state index contributed by atoms with van der Waals surface area (Å²) in [7, 11) is -2.77. The summed E-state index contributed by atoms with van der Waals surface area (Å²) in [6.45, 7) is 4.07. The Morgan fingerprint density at radius 1 is 1.47 bits per heavy atom. The fraction of sp³-hybridized carbons (Fsp3) is 0.727. The second-order valence-corrected chi connectivity index (χ2v) is 7.83. The molecule has 1 saturated heterocycles. The van der Waals surface area contributed by atoms with Crippen molar-refractivity contribution in [2.75, 3.05) is 11.5 Å². The van der Waals surface area contributed by atoms with E-state index in [1.54, 1.807) is 11.3 Å². The van der Waals surface area contributed by atoms with E-state index in [1.807, 2.05) is 12.3 Å². The molecule has 0 saturated carbocycles. The molecule has 1 aliphatic heterocycles. The Kier molecular flexibility index (Phi) is 3.85. The maximum atomic E-state index is 11.3. The first kappa shape index (κ1) is 13.0. The molecule has 1 aliphatic rings. The van der Waals surface area contributed by atoms with Crippen molar-refractivity contribution in [1.29, 1.82) is 0 Å². The van der Waals surface area contributed by atoms with Crippen LogP contribution in [-0.2, 0) is 9.84 Å². The van der Waals surface area contributed by atoms with E-state index in [4.69, 9.17) is 0 Å². The maximum absolute atomic E-state index is 11.3. The summed E-state index contributed by atoms with van der Waals surface area (Å²) in [5.41, 5.74) is 1.05. The highest BCUT2D eigenvalue weighted by Gasteiger charge is 2.25. The van der Waals surface area contributed by atoms with E-state index in [9.17, 15) is 8.42 Å². The second-order valence-electron chi connectivity index (χ2n) is 4.64. The molecule has 0 bridgehead atoms. The number of hydrogen-bond donors (Lipinski definition) is 1. The number of nitrogens with zero attached hydrogens (tertiary/aromatic N) is 1. The average Bonchev–Trinajstić information content (AvgIpc) is 2.68. The molecule has 0 aromatic carbocycles. The molecule has 17 heavy (non-hydrogen) atoms. The molecule has 0 spiro atoms. The third kappa shape index (κ3) is 3.50. The predicted octanol–water partition coefficient (Wildman–Crippen LogP) is 1.68.